The van der Waals surface area contributed by atoms with Crippen LogP contribution < -0.4 is 16.4 Å². The molecule has 5 nitrogen and oxygen atoms in total. The van der Waals surface area contributed by atoms with Crippen molar-refractivity contribution < 1.29 is 10.3 Å². The molecule has 2 rings (SSSR count). The van der Waals surface area contributed by atoms with Crippen molar-refractivity contribution in [2.45, 2.75) is 0 Å². The summed E-state index contributed by atoms with van der Waals surface area (Å²) in [4.78, 5) is 17.9. The summed E-state index contributed by atoms with van der Waals surface area (Å²) in [5.74, 6) is 0. The fourth-order valence-corrected chi connectivity index (χ4v) is 0.956. The van der Waals surface area contributed by atoms with Crippen molar-refractivity contribution in [1.82, 2.24) is 0 Å². The van der Waals surface area contributed by atoms with Crippen molar-refractivity contribution in [3.05, 3.63) is 28.9 Å². The number of fused-ring (bicyclic) bond motifs is 1. The predicted octanol–water partition coefficient (Wildman–Crippen LogP) is -1.18. The van der Waals surface area contributed by atoms with Crippen molar-refractivity contribution in [2.75, 3.05) is 5.73 Å². The van der Waals surface area contributed by atoms with Crippen molar-refractivity contribution in [1.29, 1.82) is 0 Å². The lowest BCUT2D eigenvalue weighted by Gasteiger charge is -1.85. The van der Waals surface area contributed by atoms with Crippen molar-refractivity contribution >= 4 is 11.7 Å². The maximum Gasteiger partial charge on any atom is 0.368 e. The van der Waals surface area contributed by atoms with E-state index >= 15 is 0 Å². The molecule has 12 heavy (non-hydrogen) atoms. The van der Waals surface area contributed by atoms with Gasteiger partial charge >= 0.3 is 6.03 Å². The molecule has 0 atom stereocenters. The predicted molar refractivity (Wildman–Crippen MR) is 42.2 cm³/mol. The first-order chi connectivity index (χ1) is 5.25. The molecule has 4 N–H and O–H groups in total. The van der Waals surface area contributed by atoms with Gasteiger partial charge in [-0.15, -0.1) is 0 Å². The standard InChI is InChI=1S/C7H5N3O.H2O/c8-4-1-2-5-6(3-4)10-7(11)9-5;/h1-3H,8H2;1H2. The molecule has 0 spiro atoms. The first-order valence-corrected chi connectivity index (χ1v) is 3.13. The van der Waals surface area contributed by atoms with Gasteiger partial charge in [-0.25, -0.2) is 4.79 Å². The molecule has 5 heteroatoms. The second kappa shape index (κ2) is 2.71. The van der Waals surface area contributed by atoms with Crippen LogP contribution in [0.4, 0.5) is 10.5 Å². The number of nitrogen functional groups attached to an aromatic ring is 1. The maximum atomic E-state index is 10.6. The average Bonchev–Trinajstić information content (AvgIpc) is 2.27. The van der Waals surface area contributed by atoms with Crippen LogP contribution in [0.25, 0.3) is 0 Å². The summed E-state index contributed by atoms with van der Waals surface area (Å²) in [5, 5.41) is 1.17. The molecular weight excluding hydrogens is 158 g/mol. The van der Waals surface area contributed by atoms with E-state index in [1.807, 2.05) is 0 Å². The second-order valence-electron chi connectivity index (χ2n) is 2.25. The normalized spacial score (nSPS) is 12.5. The van der Waals surface area contributed by atoms with Crippen molar-refractivity contribution in [2.24, 2.45) is 9.98 Å². The van der Waals surface area contributed by atoms with E-state index in [0.717, 1.165) is 0 Å². The Morgan fingerprint density at radius 3 is 2.58 bits per heavy atom. The van der Waals surface area contributed by atoms with Crippen LogP contribution in [0, 0.1) is 0 Å². The van der Waals surface area contributed by atoms with Gasteiger partial charge in [0.1, 0.15) is 0 Å². The molecule has 0 fully saturated rings. The number of nitrogens with two attached hydrogens (primary N) is 1. The average molecular weight is 165 g/mol. The van der Waals surface area contributed by atoms with Crippen LogP contribution in [0.15, 0.2) is 28.2 Å². The number of rotatable bonds is 0. The summed E-state index contributed by atoms with van der Waals surface area (Å²) in [5.41, 5.74) is 6.06. The molecule has 1 aliphatic heterocycles. The van der Waals surface area contributed by atoms with E-state index in [0.29, 0.717) is 16.4 Å². The maximum absolute atomic E-state index is 10.6. The molecule has 2 amide bonds. The van der Waals surface area contributed by atoms with Gasteiger partial charge in [-0.3, -0.25) is 0 Å². The largest absolute Gasteiger partial charge is 0.412 e. The van der Waals surface area contributed by atoms with E-state index in [9.17, 15) is 4.79 Å². The zero-order valence-electron chi connectivity index (χ0n) is 6.11. The number of carbonyl (C=O) groups excluding carboxylic acids is 1. The van der Waals surface area contributed by atoms with Crippen LogP contribution in [0.3, 0.4) is 0 Å². The number of hydrogen-bond donors (Lipinski definition) is 1. The molecular formula is C7H7N3O2. The number of urea groups is 1. The zero-order valence-corrected chi connectivity index (χ0v) is 6.11. The lowest BCUT2D eigenvalue weighted by atomic mass is 10.3. The van der Waals surface area contributed by atoms with E-state index in [4.69, 9.17) is 5.73 Å². The minimum atomic E-state index is -0.453. The molecule has 0 aliphatic carbocycles. The first-order valence-electron chi connectivity index (χ1n) is 3.13. The molecule has 1 aliphatic rings. The summed E-state index contributed by atoms with van der Waals surface area (Å²) in [6.07, 6.45) is 0. The molecule has 1 aromatic rings. The Labute approximate surface area is 67.6 Å². The van der Waals surface area contributed by atoms with Gasteiger partial charge in [-0.1, -0.05) is 0 Å². The number of nitrogens with zero attached hydrogens (tertiary/aromatic N) is 2. The number of anilines is 1. The fourth-order valence-electron chi connectivity index (χ4n) is 0.956. The molecule has 1 heterocycles. The SMILES string of the molecule is Nc1ccc2c(c1)=NC(=O)N=2.O. The topological polar surface area (TPSA) is 99.3 Å². The highest BCUT2D eigenvalue weighted by Crippen LogP contribution is 1.92. The number of amides is 2. The van der Waals surface area contributed by atoms with Crippen LogP contribution in [0.5, 0.6) is 0 Å². The minimum Gasteiger partial charge on any atom is -0.412 e. The summed E-state index contributed by atoms with van der Waals surface area (Å²) < 4.78 is 0. The summed E-state index contributed by atoms with van der Waals surface area (Å²) in [6.45, 7) is 0. The van der Waals surface area contributed by atoms with Gasteiger partial charge in [0.05, 0.1) is 10.7 Å². The monoisotopic (exact) mass is 165 g/mol. The Bertz CT molecular complexity index is 438. The number of carbonyl (C=O) groups is 1. The molecule has 62 valence electrons. The third-order valence-electron chi connectivity index (χ3n) is 1.43. The van der Waals surface area contributed by atoms with Gasteiger partial charge in [0.25, 0.3) is 0 Å². The quantitative estimate of drug-likeness (QED) is 0.489. The molecule has 0 bridgehead atoms. The number of benzene rings is 1. The molecule has 1 aromatic carbocycles. The van der Waals surface area contributed by atoms with Gasteiger partial charge in [0.15, 0.2) is 0 Å². The summed E-state index contributed by atoms with van der Waals surface area (Å²) in [6, 6.07) is 4.55. The highest BCUT2D eigenvalue weighted by atomic mass is 16.2. The summed E-state index contributed by atoms with van der Waals surface area (Å²) in [7, 11) is 0. The van der Waals surface area contributed by atoms with Gasteiger partial charge < -0.3 is 11.2 Å². The van der Waals surface area contributed by atoms with Crippen LogP contribution in [0.1, 0.15) is 0 Å². The van der Waals surface area contributed by atoms with Crippen LogP contribution in [-0.4, -0.2) is 11.5 Å². The summed E-state index contributed by atoms with van der Waals surface area (Å²) >= 11 is 0. The van der Waals surface area contributed by atoms with Crippen molar-refractivity contribution in [3.8, 4) is 0 Å². The van der Waals surface area contributed by atoms with Gasteiger partial charge in [-0.05, 0) is 18.2 Å². The smallest absolute Gasteiger partial charge is 0.368 e. The Kier molecular flexibility index (Phi) is 1.88. The van der Waals surface area contributed by atoms with E-state index < -0.39 is 6.03 Å². The molecule has 0 unspecified atom stereocenters. The molecule has 0 saturated heterocycles. The van der Waals surface area contributed by atoms with E-state index in [1.165, 1.54) is 0 Å². The lowest BCUT2D eigenvalue weighted by Crippen LogP contribution is -2.21. The lowest BCUT2D eigenvalue weighted by molar-refractivity contribution is 0.256. The van der Waals surface area contributed by atoms with Crippen LogP contribution in [-0.2, 0) is 0 Å². The van der Waals surface area contributed by atoms with E-state index in [1.54, 1.807) is 18.2 Å². The molecule has 0 aromatic heterocycles. The van der Waals surface area contributed by atoms with E-state index in [2.05, 4.69) is 9.98 Å². The Hall–Kier alpha value is -1.75. The molecule has 0 saturated carbocycles. The highest BCUT2D eigenvalue weighted by molar-refractivity contribution is 5.77. The van der Waals surface area contributed by atoms with Gasteiger partial charge in [-0.2, -0.15) is 9.98 Å². The Morgan fingerprint density at radius 1 is 1.17 bits per heavy atom. The molecule has 0 radical (unpaired) electrons. The second-order valence-corrected chi connectivity index (χ2v) is 2.25. The third kappa shape index (κ3) is 1.17. The minimum absolute atomic E-state index is 0. The number of hydrogen-bond acceptors (Lipinski definition) is 2. The fraction of sp³-hybridized carbons (Fsp3) is 0. The highest BCUT2D eigenvalue weighted by Gasteiger charge is 2.03. The van der Waals surface area contributed by atoms with Gasteiger partial charge in [0.2, 0.25) is 0 Å². The van der Waals surface area contributed by atoms with Crippen LogP contribution in [0.2, 0.25) is 0 Å². The van der Waals surface area contributed by atoms with Gasteiger partial charge in [0, 0.05) is 5.69 Å². The third-order valence-corrected chi connectivity index (χ3v) is 1.43. The van der Waals surface area contributed by atoms with Crippen molar-refractivity contribution in [3.63, 3.8) is 0 Å². The van der Waals surface area contributed by atoms with Crippen LogP contribution >= 0.6 is 0 Å². The Morgan fingerprint density at radius 2 is 1.83 bits per heavy atom. The first kappa shape index (κ1) is 8.35. The zero-order chi connectivity index (χ0) is 7.84. The van der Waals surface area contributed by atoms with E-state index in [-0.39, 0.29) is 5.48 Å². The Balaban J connectivity index is 0.000000720.